The number of hydrogen-bond acceptors (Lipinski definition) is 3. The van der Waals surface area contributed by atoms with Crippen molar-refractivity contribution in [3.05, 3.63) is 35.4 Å². The predicted molar refractivity (Wildman–Crippen MR) is 82.3 cm³/mol. The van der Waals surface area contributed by atoms with Crippen molar-refractivity contribution in [3.63, 3.8) is 0 Å². The lowest BCUT2D eigenvalue weighted by Gasteiger charge is -2.23. The molecule has 1 N–H and O–H groups in total. The number of amides is 1. The maximum Gasteiger partial charge on any atom is 0.410 e. The number of aliphatic hydroxyl groups excluding tert-OH is 1. The van der Waals surface area contributed by atoms with Crippen LogP contribution in [0.25, 0.3) is 0 Å². The molecule has 1 fully saturated rings. The molecule has 0 saturated carbocycles. The fourth-order valence-electron chi connectivity index (χ4n) is 2.50. The van der Waals surface area contributed by atoms with Crippen molar-refractivity contribution < 1.29 is 14.6 Å². The third-order valence-corrected chi connectivity index (χ3v) is 3.92. The molecule has 2 rings (SSSR count). The Labute approximate surface area is 126 Å². The van der Waals surface area contributed by atoms with Gasteiger partial charge in [0.1, 0.15) is 0 Å². The van der Waals surface area contributed by atoms with Gasteiger partial charge in [0.25, 0.3) is 0 Å². The third-order valence-electron chi connectivity index (χ3n) is 3.92. The van der Waals surface area contributed by atoms with E-state index in [1.807, 2.05) is 24.3 Å². The Morgan fingerprint density at radius 3 is 2.29 bits per heavy atom. The van der Waals surface area contributed by atoms with Crippen LogP contribution in [0, 0.1) is 0 Å². The van der Waals surface area contributed by atoms with E-state index in [-0.39, 0.29) is 18.1 Å². The van der Waals surface area contributed by atoms with Gasteiger partial charge in [-0.15, -0.1) is 0 Å². The number of rotatable bonds is 3. The summed E-state index contributed by atoms with van der Waals surface area (Å²) in [5.74, 6) is 0. The third kappa shape index (κ3) is 3.97. The molecule has 0 aliphatic carbocycles. The van der Waals surface area contributed by atoms with Gasteiger partial charge in [-0.2, -0.15) is 0 Å². The monoisotopic (exact) mass is 291 g/mol. The molecule has 0 spiro atoms. The number of hydrogen-bond donors (Lipinski definition) is 1. The highest BCUT2D eigenvalue weighted by atomic mass is 16.6. The SMILES string of the molecule is CC(C)(C)c1ccc([C@@H](CO)OC(=O)N2CCCC2)cc1. The molecule has 0 aromatic heterocycles. The van der Waals surface area contributed by atoms with Gasteiger partial charge in [-0.25, -0.2) is 4.79 Å². The Kier molecular flexibility index (Phi) is 4.88. The highest BCUT2D eigenvalue weighted by Gasteiger charge is 2.24. The normalized spacial score (nSPS) is 16.9. The van der Waals surface area contributed by atoms with Crippen LogP contribution in [0.2, 0.25) is 0 Å². The van der Waals surface area contributed by atoms with E-state index in [1.54, 1.807) is 4.90 Å². The summed E-state index contributed by atoms with van der Waals surface area (Å²) in [6.07, 6.45) is 1.14. The molecule has 1 saturated heterocycles. The zero-order valence-electron chi connectivity index (χ0n) is 13.1. The quantitative estimate of drug-likeness (QED) is 0.930. The zero-order chi connectivity index (χ0) is 15.5. The van der Waals surface area contributed by atoms with Gasteiger partial charge in [0.2, 0.25) is 0 Å². The second kappa shape index (κ2) is 6.48. The van der Waals surface area contributed by atoms with Gasteiger partial charge >= 0.3 is 6.09 Å². The molecule has 1 aliphatic rings. The summed E-state index contributed by atoms with van der Waals surface area (Å²) in [6, 6.07) is 7.92. The minimum atomic E-state index is -0.591. The second-order valence-electron chi connectivity index (χ2n) is 6.62. The fraction of sp³-hybridized carbons (Fsp3) is 0.588. The van der Waals surface area contributed by atoms with Crippen molar-refractivity contribution in [2.24, 2.45) is 0 Å². The van der Waals surface area contributed by atoms with Gasteiger partial charge in [0.15, 0.2) is 6.10 Å². The summed E-state index contributed by atoms with van der Waals surface area (Å²) >= 11 is 0. The van der Waals surface area contributed by atoms with Crippen LogP contribution in [0.4, 0.5) is 4.79 Å². The molecule has 1 aromatic carbocycles. The van der Waals surface area contributed by atoms with E-state index in [4.69, 9.17) is 4.74 Å². The Hall–Kier alpha value is -1.55. The number of likely N-dealkylation sites (tertiary alicyclic amines) is 1. The molecule has 0 unspecified atom stereocenters. The Balaban J connectivity index is 2.05. The van der Waals surface area contributed by atoms with Crippen LogP contribution in [-0.2, 0) is 10.2 Å². The lowest BCUT2D eigenvalue weighted by atomic mass is 9.86. The van der Waals surface area contributed by atoms with Gasteiger partial charge in [-0.1, -0.05) is 45.0 Å². The molecule has 1 aliphatic heterocycles. The second-order valence-corrected chi connectivity index (χ2v) is 6.62. The van der Waals surface area contributed by atoms with Crippen LogP contribution >= 0.6 is 0 Å². The number of aliphatic hydroxyl groups is 1. The van der Waals surface area contributed by atoms with Crippen molar-refractivity contribution in [1.82, 2.24) is 4.90 Å². The molecule has 116 valence electrons. The molecule has 21 heavy (non-hydrogen) atoms. The molecular formula is C17H25NO3. The summed E-state index contributed by atoms with van der Waals surface area (Å²) < 4.78 is 5.43. The molecule has 4 heteroatoms. The van der Waals surface area contributed by atoms with Crippen LogP contribution in [-0.4, -0.2) is 35.8 Å². The van der Waals surface area contributed by atoms with E-state index in [0.29, 0.717) is 0 Å². The molecule has 0 bridgehead atoms. The molecule has 1 heterocycles. The first kappa shape index (κ1) is 15.8. The van der Waals surface area contributed by atoms with Crippen molar-refractivity contribution in [2.45, 2.75) is 45.1 Å². The van der Waals surface area contributed by atoms with Crippen molar-refractivity contribution in [1.29, 1.82) is 0 Å². The Morgan fingerprint density at radius 2 is 1.81 bits per heavy atom. The topological polar surface area (TPSA) is 49.8 Å². The first-order valence-corrected chi connectivity index (χ1v) is 7.58. The average Bonchev–Trinajstić information content (AvgIpc) is 2.98. The maximum atomic E-state index is 12.0. The van der Waals surface area contributed by atoms with Crippen LogP contribution in [0.3, 0.4) is 0 Å². The number of carbonyl (C=O) groups is 1. The van der Waals surface area contributed by atoms with Crippen LogP contribution < -0.4 is 0 Å². The standard InChI is InChI=1S/C17H25NO3/c1-17(2,3)14-8-6-13(7-9-14)15(12-19)21-16(20)18-10-4-5-11-18/h6-9,15,19H,4-5,10-12H2,1-3H3/t15-/m1/s1. The highest BCUT2D eigenvalue weighted by Crippen LogP contribution is 2.25. The van der Waals surface area contributed by atoms with E-state index in [1.165, 1.54) is 5.56 Å². The largest absolute Gasteiger partial charge is 0.439 e. The van der Waals surface area contributed by atoms with Gasteiger partial charge in [0, 0.05) is 13.1 Å². The molecule has 0 radical (unpaired) electrons. The summed E-state index contributed by atoms with van der Waals surface area (Å²) in [5.41, 5.74) is 2.13. The maximum absolute atomic E-state index is 12.0. The van der Waals surface area contributed by atoms with E-state index in [2.05, 4.69) is 20.8 Å². The summed E-state index contributed by atoms with van der Waals surface area (Å²) in [6.45, 7) is 7.76. The zero-order valence-corrected chi connectivity index (χ0v) is 13.1. The summed E-state index contributed by atoms with van der Waals surface area (Å²) in [4.78, 5) is 13.7. The average molecular weight is 291 g/mol. The minimum Gasteiger partial charge on any atom is -0.439 e. The highest BCUT2D eigenvalue weighted by molar-refractivity contribution is 5.68. The van der Waals surface area contributed by atoms with E-state index < -0.39 is 6.10 Å². The molecular weight excluding hydrogens is 266 g/mol. The summed E-state index contributed by atoms with van der Waals surface area (Å²) in [7, 11) is 0. The van der Waals surface area contributed by atoms with Crippen LogP contribution in [0.15, 0.2) is 24.3 Å². The van der Waals surface area contributed by atoms with E-state index in [9.17, 15) is 9.90 Å². The van der Waals surface area contributed by atoms with Gasteiger partial charge in [-0.3, -0.25) is 0 Å². The van der Waals surface area contributed by atoms with Crippen LogP contribution in [0.1, 0.15) is 50.8 Å². The van der Waals surface area contributed by atoms with Gasteiger partial charge in [-0.05, 0) is 29.4 Å². The van der Waals surface area contributed by atoms with Crippen LogP contribution in [0.5, 0.6) is 0 Å². The fourth-order valence-corrected chi connectivity index (χ4v) is 2.50. The Bertz CT molecular complexity index is 470. The van der Waals surface area contributed by atoms with Crippen molar-refractivity contribution >= 4 is 6.09 Å². The van der Waals surface area contributed by atoms with Gasteiger partial charge < -0.3 is 14.7 Å². The molecule has 1 aromatic rings. The predicted octanol–water partition coefficient (Wildman–Crippen LogP) is 3.25. The molecule has 4 nitrogen and oxygen atoms in total. The number of carbonyl (C=O) groups excluding carboxylic acids is 1. The van der Waals surface area contributed by atoms with E-state index >= 15 is 0 Å². The lowest BCUT2D eigenvalue weighted by molar-refractivity contribution is 0.0366. The molecule has 1 amide bonds. The summed E-state index contributed by atoms with van der Waals surface area (Å²) in [5, 5.41) is 9.50. The first-order valence-electron chi connectivity index (χ1n) is 7.58. The van der Waals surface area contributed by atoms with Crippen molar-refractivity contribution in [2.75, 3.05) is 19.7 Å². The number of ether oxygens (including phenoxy) is 1. The van der Waals surface area contributed by atoms with Gasteiger partial charge in [0.05, 0.1) is 6.61 Å². The van der Waals surface area contributed by atoms with Crippen molar-refractivity contribution in [3.8, 4) is 0 Å². The number of benzene rings is 1. The first-order chi connectivity index (χ1) is 9.91. The molecule has 1 atom stereocenters. The Morgan fingerprint density at radius 1 is 1.24 bits per heavy atom. The lowest BCUT2D eigenvalue weighted by Crippen LogP contribution is -2.30. The smallest absolute Gasteiger partial charge is 0.410 e. The van der Waals surface area contributed by atoms with E-state index in [0.717, 1.165) is 31.5 Å². The minimum absolute atomic E-state index is 0.0828. The number of nitrogens with zero attached hydrogens (tertiary/aromatic N) is 1.